The number of anilines is 1. The number of nitrogens with zero attached hydrogens (tertiary/aromatic N) is 2. The second kappa shape index (κ2) is 13.3. The van der Waals surface area contributed by atoms with Gasteiger partial charge in [0.1, 0.15) is 12.6 Å². The van der Waals surface area contributed by atoms with Gasteiger partial charge in [0.15, 0.2) is 0 Å². The number of carbonyl (C=O) groups excluding carboxylic acids is 2. The minimum atomic E-state index is -4.09. The predicted octanol–water partition coefficient (Wildman–Crippen LogP) is 5.57. The monoisotopic (exact) mass is 581 g/mol. The van der Waals surface area contributed by atoms with Crippen LogP contribution in [0.2, 0.25) is 5.02 Å². The minimum absolute atomic E-state index is 0.0613. The molecule has 0 aliphatic heterocycles. The van der Waals surface area contributed by atoms with E-state index in [1.165, 1.54) is 17.0 Å². The molecule has 1 atom stereocenters. The van der Waals surface area contributed by atoms with Crippen LogP contribution in [0.1, 0.15) is 50.7 Å². The third-order valence-electron chi connectivity index (χ3n) is 7.41. The van der Waals surface area contributed by atoms with Crippen molar-refractivity contribution in [3.05, 3.63) is 95.0 Å². The van der Waals surface area contributed by atoms with Gasteiger partial charge in [0.25, 0.3) is 10.0 Å². The van der Waals surface area contributed by atoms with Crippen molar-refractivity contribution in [1.29, 1.82) is 0 Å². The molecule has 1 saturated carbocycles. The second-order valence-corrected chi connectivity index (χ2v) is 12.4. The summed E-state index contributed by atoms with van der Waals surface area (Å²) < 4.78 is 28.8. The van der Waals surface area contributed by atoms with Crippen LogP contribution in [0.5, 0.6) is 0 Å². The van der Waals surface area contributed by atoms with Gasteiger partial charge < -0.3 is 10.2 Å². The molecule has 3 aromatic carbocycles. The van der Waals surface area contributed by atoms with Crippen molar-refractivity contribution in [2.75, 3.05) is 10.8 Å². The normalized spacial score (nSPS) is 14.5. The largest absolute Gasteiger partial charge is 0.352 e. The molecule has 0 bridgehead atoms. The first-order valence-electron chi connectivity index (χ1n) is 13.7. The van der Waals surface area contributed by atoms with E-state index in [0.717, 1.165) is 42.0 Å². The Bertz CT molecular complexity index is 1410. The maximum Gasteiger partial charge on any atom is 0.264 e. The summed E-state index contributed by atoms with van der Waals surface area (Å²) in [6.07, 6.45) is 4.74. The summed E-state index contributed by atoms with van der Waals surface area (Å²) in [7, 11) is -4.09. The third-order valence-corrected chi connectivity index (χ3v) is 9.57. The number of carbonyl (C=O) groups is 2. The Morgan fingerprint density at radius 3 is 2.20 bits per heavy atom. The Hall–Kier alpha value is -3.36. The number of hydrogen-bond donors (Lipinski definition) is 1. The summed E-state index contributed by atoms with van der Waals surface area (Å²) in [4.78, 5) is 28.8. The molecule has 1 aliphatic carbocycles. The molecule has 9 heteroatoms. The predicted molar refractivity (Wildman–Crippen MR) is 159 cm³/mol. The number of amides is 2. The van der Waals surface area contributed by atoms with E-state index in [4.69, 9.17) is 11.6 Å². The second-order valence-electron chi connectivity index (χ2n) is 10.1. The van der Waals surface area contributed by atoms with Crippen LogP contribution >= 0.6 is 11.6 Å². The van der Waals surface area contributed by atoms with Crippen molar-refractivity contribution in [3.8, 4) is 0 Å². The van der Waals surface area contributed by atoms with Gasteiger partial charge in [-0.3, -0.25) is 13.9 Å². The van der Waals surface area contributed by atoms with E-state index in [2.05, 4.69) is 5.32 Å². The first kappa shape index (κ1) is 29.6. The number of hydrogen-bond acceptors (Lipinski definition) is 4. The average molecular weight is 582 g/mol. The Labute approximate surface area is 242 Å². The van der Waals surface area contributed by atoms with Crippen LogP contribution in [0.3, 0.4) is 0 Å². The Kier molecular flexibility index (Phi) is 9.87. The minimum Gasteiger partial charge on any atom is -0.352 e. The highest BCUT2D eigenvalue weighted by Crippen LogP contribution is 2.26. The number of rotatable bonds is 11. The quantitative estimate of drug-likeness (QED) is 0.320. The summed E-state index contributed by atoms with van der Waals surface area (Å²) in [5, 5.41) is 3.54. The molecule has 40 heavy (non-hydrogen) atoms. The number of aryl methyl sites for hydroxylation is 1. The van der Waals surface area contributed by atoms with E-state index in [1.807, 2.05) is 25.1 Å². The first-order valence-corrected chi connectivity index (χ1v) is 15.5. The van der Waals surface area contributed by atoms with Crippen LogP contribution in [0.4, 0.5) is 5.69 Å². The molecule has 7 nitrogen and oxygen atoms in total. The zero-order valence-corrected chi connectivity index (χ0v) is 24.5. The fourth-order valence-electron chi connectivity index (χ4n) is 4.93. The lowest BCUT2D eigenvalue weighted by molar-refractivity contribution is -0.139. The molecule has 0 radical (unpaired) electrons. The van der Waals surface area contributed by atoms with Gasteiger partial charge in [-0.1, -0.05) is 79.9 Å². The molecule has 0 unspecified atom stereocenters. The number of sulfonamides is 1. The molecule has 1 aliphatic rings. The van der Waals surface area contributed by atoms with E-state index >= 15 is 0 Å². The van der Waals surface area contributed by atoms with E-state index in [9.17, 15) is 18.0 Å². The van der Waals surface area contributed by atoms with Gasteiger partial charge >= 0.3 is 0 Å². The highest BCUT2D eigenvalue weighted by molar-refractivity contribution is 7.92. The zero-order valence-electron chi connectivity index (χ0n) is 22.9. The summed E-state index contributed by atoms with van der Waals surface area (Å²) >= 11 is 6.43. The molecule has 0 aromatic heterocycles. The number of halogens is 1. The first-order chi connectivity index (χ1) is 19.2. The Morgan fingerprint density at radius 1 is 0.950 bits per heavy atom. The van der Waals surface area contributed by atoms with Crippen LogP contribution in [-0.2, 0) is 32.6 Å². The highest BCUT2D eigenvalue weighted by Gasteiger charge is 2.33. The van der Waals surface area contributed by atoms with Crippen LogP contribution < -0.4 is 9.62 Å². The molecule has 0 saturated heterocycles. The molecular formula is C31H36ClN3O4S. The fraction of sp³-hybridized carbons (Fsp3) is 0.355. The molecule has 0 heterocycles. The lowest BCUT2D eigenvalue weighted by Crippen LogP contribution is -2.52. The molecule has 2 amide bonds. The van der Waals surface area contributed by atoms with Crippen molar-refractivity contribution < 1.29 is 18.0 Å². The molecule has 3 aromatic rings. The Balaban J connectivity index is 1.68. The number of benzene rings is 3. The third kappa shape index (κ3) is 7.04. The molecule has 4 rings (SSSR count). The van der Waals surface area contributed by atoms with Gasteiger partial charge in [0.2, 0.25) is 11.8 Å². The van der Waals surface area contributed by atoms with Crippen LogP contribution in [0.25, 0.3) is 0 Å². The highest BCUT2D eigenvalue weighted by atomic mass is 35.5. The van der Waals surface area contributed by atoms with E-state index in [1.54, 1.807) is 55.5 Å². The summed E-state index contributed by atoms with van der Waals surface area (Å²) in [6, 6.07) is 21.5. The van der Waals surface area contributed by atoms with E-state index in [0.29, 0.717) is 16.3 Å². The van der Waals surface area contributed by atoms with Gasteiger partial charge in [0, 0.05) is 17.6 Å². The van der Waals surface area contributed by atoms with Crippen LogP contribution in [0.15, 0.2) is 83.8 Å². The fourth-order valence-corrected chi connectivity index (χ4v) is 6.56. The Morgan fingerprint density at radius 2 is 1.57 bits per heavy atom. The lowest BCUT2D eigenvalue weighted by atomic mass is 10.1. The lowest BCUT2D eigenvalue weighted by Gasteiger charge is -2.32. The maximum absolute atomic E-state index is 14.0. The van der Waals surface area contributed by atoms with Crippen molar-refractivity contribution in [1.82, 2.24) is 10.2 Å². The molecule has 1 fully saturated rings. The van der Waals surface area contributed by atoms with Crippen molar-refractivity contribution in [2.45, 2.75) is 69.5 Å². The topological polar surface area (TPSA) is 86.8 Å². The van der Waals surface area contributed by atoms with Crippen molar-refractivity contribution in [3.63, 3.8) is 0 Å². The zero-order chi connectivity index (χ0) is 28.7. The molecule has 0 spiro atoms. The van der Waals surface area contributed by atoms with Gasteiger partial charge in [-0.05, 0) is 67.6 Å². The van der Waals surface area contributed by atoms with Crippen LogP contribution in [0, 0.1) is 0 Å². The van der Waals surface area contributed by atoms with Gasteiger partial charge in [-0.2, -0.15) is 0 Å². The smallest absolute Gasteiger partial charge is 0.264 e. The molecule has 212 valence electrons. The summed E-state index contributed by atoms with van der Waals surface area (Å²) in [5.74, 6) is -0.773. The van der Waals surface area contributed by atoms with Crippen molar-refractivity contribution >= 4 is 39.1 Å². The van der Waals surface area contributed by atoms with Crippen molar-refractivity contribution in [2.24, 2.45) is 0 Å². The van der Waals surface area contributed by atoms with E-state index < -0.39 is 28.5 Å². The van der Waals surface area contributed by atoms with E-state index in [-0.39, 0.29) is 23.4 Å². The standard InChI is InChI=1S/C31H36ClN3O4S/c1-3-24-17-19-27(20-18-24)35(40(38,39)28-14-5-4-6-15-28)22-30(36)34(21-25-11-7-10-16-29(25)32)23(2)31(37)33-26-12-8-9-13-26/h4-7,10-11,14-20,23,26H,3,8-9,12-13,21-22H2,1-2H3,(H,33,37)/t23-/m1/s1. The van der Waals surface area contributed by atoms with Gasteiger partial charge in [-0.25, -0.2) is 8.42 Å². The summed E-state index contributed by atoms with van der Waals surface area (Å²) in [5.41, 5.74) is 2.09. The average Bonchev–Trinajstić information content (AvgIpc) is 3.48. The SMILES string of the molecule is CCc1ccc(N(CC(=O)N(Cc2ccccc2Cl)[C@H](C)C(=O)NC2CCCC2)S(=O)(=O)c2ccccc2)cc1. The molecule has 1 N–H and O–H groups in total. The van der Waals surface area contributed by atoms with Gasteiger partial charge in [0.05, 0.1) is 10.6 Å². The maximum atomic E-state index is 14.0. The molecular weight excluding hydrogens is 546 g/mol. The number of nitrogens with one attached hydrogen (secondary N) is 1. The summed E-state index contributed by atoms with van der Waals surface area (Å²) in [6.45, 7) is 3.27. The van der Waals surface area contributed by atoms with Gasteiger partial charge in [-0.15, -0.1) is 0 Å². The van der Waals surface area contributed by atoms with Crippen LogP contribution in [-0.4, -0.2) is 43.8 Å².